The van der Waals surface area contributed by atoms with E-state index in [1.165, 1.54) is 5.56 Å². The smallest absolute Gasteiger partial charge is 0.133 e. The first kappa shape index (κ1) is 12.4. The molecular formula is C14H14BrN3O. The van der Waals surface area contributed by atoms with Crippen LogP contribution in [0.5, 0.6) is 5.75 Å². The molecule has 1 heterocycles. The molecule has 1 aliphatic carbocycles. The second-order valence-corrected chi connectivity index (χ2v) is 5.38. The van der Waals surface area contributed by atoms with Crippen molar-refractivity contribution in [1.82, 2.24) is 5.01 Å². The topological polar surface area (TPSA) is 37.2 Å². The standard InChI is InChI=1S/C14H14BrN3O/c1-19-14-7-6-10(8-11(14)15)9-18-13-5-3-2-4-12(13)16-17-18/h2-8,12-13H,9H2,1H3. The lowest BCUT2D eigenvalue weighted by Gasteiger charge is -2.23. The monoisotopic (exact) mass is 319 g/mol. The first-order valence-electron chi connectivity index (χ1n) is 6.13. The van der Waals surface area contributed by atoms with Crippen LogP contribution in [0.3, 0.4) is 0 Å². The number of methoxy groups -OCH3 is 1. The molecule has 5 heteroatoms. The van der Waals surface area contributed by atoms with Crippen molar-refractivity contribution >= 4 is 15.9 Å². The van der Waals surface area contributed by atoms with E-state index in [-0.39, 0.29) is 12.1 Å². The normalized spacial score (nSPS) is 23.8. The highest BCUT2D eigenvalue weighted by Gasteiger charge is 2.29. The van der Waals surface area contributed by atoms with Crippen LogP contribution in [0.1, 0.15) is 5.56 Å². The number of benzene rings is 1. The molecule has 1 aliphatic heterocycles. The Hall–Kier alpha value is -1.62. The van der Waals surface area contributed by atoms with Crippen LogP contribution in [-0.2, 0) is 6.54 Å². The summed E-state index contributed by atoms with van der Waals surface area (Å²) < 4.78 is 6.19. The Morgan fingerprint density at radius 1 is 1.32 bits per heavy atom. The molecule has 0 aromatic heterocycles. The summed E-state index contributed by atoms with van der Waals surface area (Å²) in [6, 6.07) is 6.47. The third-order valence-corrected chi connectivity index (χ3v) is 3.90. The number of halogens is 1. The minimum Gasteiger partial charge on any atom is -0.496 e. The van der Waals surface area contributed by atoms with Crippen LogP contribution >= 0.6 is 15.9 Å². The van der Waals surface area contributed by atoms with E-state index in [4.69, 9.17) is 4.74 Å². The van der Waals surface area contributed by atoms with Crippen LogP contribution < -0.4 is 4.74 Å². The third-order valence-electron chi connectivity index (χ3n) is 3.28. The van der Waals surface area contributed by atoms with Gasteiger partial charge in [-0.1, -0.05) is 35.6 Å². The van der Waals surface area contributed by atoms with Crippen LogP contribution in [0, 0.1) is 0 Å². The zero-order valence-electron chi connectivity index (χ0n) is 10.5. The number of fused-ring (bicyclic) bond motifs is 1. The van der Waals surface area contributed by atoms with Gasteiger partial charge >= 0.3 is 0 Å². The third kappa shape index (κ3) is 2.42. The van der Waals surface area contributed by atoms with Crippen LogP contribution in [0.4, 0.5) is 0 Å². The number of hydrogen-bond acceptors (Lipinski definition) is 4. The lowest BCUT2D eigenvalue weighted by molar-refractivity contribution is 0.253. The Morgan fingerprint density at radius 3 is 2.95 bits per heavy atom. The molecule has 0 N–H and O–H groups in total. The molecule has 98 valence electrons. The molecule has 0 saturated heterocycles. The van der Waals surface area contributed by atoms with E-state index in [1.54, 1.807) is 7.11 Å². The van der Waals surface area contributed by atoms with Gasteiger partial charge in [0.2, 0.25) is 0 Å². The SMILES string of the molecule is COc1ccc(CN2N=NC3C=CC=CC32)cc1Br. The van der Waals surface area contributed by atoms with E-state index in [2.05, 4.69) is 56.6 Å². The number of nitrogens with zero attached hydrogens (tertiary/aromatic N) is 3. The fourth-order valence-electron chi connectivity index (χ4n) is 2.28. The van der Waals surface area contributed by atoms with Crippen molar-refractivity contribution in [3.63, 3.8) is 0 Å². The van der Waals surface area contributed by atoms with Gasteiger partial charge in [0.05, 0.1) is 24.2 Å². The molecule has 19 heavy (non-hydrogen) atoms. The Labute approximate surface area is 120 Å². The van der Waals surface area contributed by atoms with Crippen molar-refractivity contribution in [1.29, 1.82) is 0 Å². The Morgan fingerprint density at radius 2 is 2.16 bits per heavy atom. The quantitative estimate of drug-likeness (QED) is 0.855. The van der Waals surface area contributed by atoms with Crippen LogP contribution in [0.15, 0.2) is 57.3 Å². The van der Waals surface area contributed by atoms with E-state index in [0.717, 1.165) is 16.8 Å². The van der Waals surface area contributed by atoms with Gasteiger partial charge in [-0.15, -0.1) is 0 Å². The molecule has 1 aromatic carbocycles. The fourth-order valence-corrected chi connectivity index (χ4v) is 2.87. The van der Waals surface area contributed by atoms with Gasteiger partial charge in [-0.3, -0.25) is 5.01 Å². The van der Waals surface area contributed by atoms with Crippen molar-refractivity contribution in [2.24, 2.45) is 10.3 Å². The van der Waals surface area contributed by atoms with Crippen molar-refractivity contribution in [2.75, 3.05) is 7.11 Å². The molecule has 0 radical (unpaired) electrons. The maximum Gasteiger partial charge on any atom is 0.133 e. The van der Waals surface area contributed by atoms with Gasteiger partial charge in [0.25, 0.3) is 0 Å². The molecule has 0 fully saturated rings. The summed E-state index contributed by atoms with van der Waals surface area (Å²) in [5.74, 6) is 0.838. The number of ether oxygens (including phenoxy) is 1. The Balaban J connectivity index is 1.75. The minimum absolute atomic E-state index is 0.159. The van der Waals surface area contributed by atoms with Crippen LogP contribution in [0.25, 0.3) is 0 Å². The van der Waals surface area contributed by atoms with Gasteiger partial charge in [-0.05, 0) is 33.6 Å². The highest BCUT2D eigenvalue weighted by Crippen LogP contribution is 2.29. The molecule has 1 aromatic rings. The summed E-state index contributed by atoms with van der Waals surface area (Å²) in [5.41, 5.74) is 1.18. The van der Waals surface area contributed by atoms with E-state index in [0.29, 0.717) is 0 Å². The minimum atomic E-state index is 0.159. The van der Waals surface area contributed by atoms with Gasteiger partial charge in [-0.25, -0.2) is 0 Å². The van der Waals surface area contributed by atoms with Crippen LogP contribution in [0.2, 0.25) is 0 Å². The van der Waals surface area contributed by atoms with Crippen molar-refractivity contribution in [3.05, 3.63) is 52.5 Å². The maximum atomic E-state index is 5.23. The molecule has 2 unspecified atom stereocenters. The second kappa shape index (κ2) is 5.17. The molecular weight excluding hydrogens is 306 g/mol. The van der Waals surface area contributed by atoms with Gasteiger partial charge in [0.1, 0.15) is 11.8 Å². The summed E-state index contributed by atoms with van der Waals surface area (Å²) >= 11 is 3.50. The molecule has 0 saturated carbocycles. The van der Waals surface area contributed by atoms with Crippen molar-refractivity contribution < 1.29 is 4.74 Å². The zero-order chi connectivity index (χ0) is 13.2. The van der Waals surface area contributed by atoms with Crippen molar-refractivity contribution in [3.8, 4) is 5.75 Å². The first-order chi connectivity index (χ1) is 9.28. The lowest BCUT2D eigenvalue weighted by atomic mass is 10.0. The fraction of sp³-hybridized carbons (Fsp3) is 0.286. The van der Waals surface area contributed by atoms with E-state index in [1.807, 2.05) is 17.2 Å². The zero-order valence-corrected chi connectivity index (χ0v) is 12.1. The Kier molecular flexibility index (Phi) is 3.38. The molecule has 0 spiro atoms. The average molecular weight is 320 g/mol. The van der Waals surface area contributed by atoms with Gasteiger partial charge in [0, 0.05) is 0 Å². The van der Waals surface area contributed by atoms with Gasteiger partial charge in [0.15, 0.2) is 0 Å². The summed E-state index contributed by atoms with van der Waals surface area (Å²) in [6.45, 7) is 0.742. The van der Waals surface area contributed by atoms with Gasteiger partial charge in [-0.2, -0.15) is 5.11 Å². The average Bonchev–Trinajstić information content (AvgIpc) is 2.83. The van der Waals surface area contributed by atoms with E-state index >= 15 is 0 Å². The molecule has 0 amide bonds. The molecule has 2 aliphatic rings. The Bertz CT molecular complexity index is 568. The largest absolute Gasteiger partial charge is 0.496 e. The van der Waals surface area contributed by atoms with E-state index < -0.39 is 0 Å². The molecule has 3 rings (SSSR count). The number of allylic oxidation sites excluding steroid dienone is 2. The molecule has 2 atom stereocenters. The summed E-state index contributed by atoms with van der Waals surface area (Å²) in [5, 5.41) is 10.5. The lowest BCUT2D eigenvalue weighted by Crippen LogP contribution is -2.32. The second-order valence-electron chi connectivity index (χ2n) is 4.52. The highest BCUT2D eigenvalue weighted by molar-refractivity contribution is 9.10. The van der Waals surface area contributed by atoms with Crippen LogP contribution in [-0.4, -0.2) is 24.2 Å². The number of rotatable bonds is 3. The number of hydrogen-bond donors (Lipinski definition) is 0. The summed E-state index contributed by atoms with van der Waals surface area (Å²) in [4.78, 5) is 0. The van der Waals surface area contributed by atoms with Crippen molar-refractivity contribution in [2.45, 2.75) is 18.6 Å². The highest BCUT2D eigenvalue weighted by atomic mass is 79.9. The summed E-state index contributed by atoms with van der Waals surface area (Å²) in [7, 11) is 1.66. The summed E-state index contributed by atoms with van der Waals surface area (Å²) in [6.07, 6.45) is 8.30. The predicted molar refractivity (Wildman–Crippen MR) is 76.9 cm³/mol. The maximum absolute atomic E-state index is 5.23. The van der Waals surface area contributed by atoms with Gasteiger partial charge < -0.3 is 4.74 Å². The molecule has 4 nitrogen and oxygen atoms in total. The van der Waals surface area contributed by atoms with E-state index in [9.17, 15) is 0 Å². The molecule has 0 bridgehead atoms. The predicted octanol–water partition coefficient (Wildman–Crippen LogP) is 3.50. The first-order valence-corrected chi connectivity index (χ1v) is 6.92.